The normalized spacial score (nSPS) is 12.2. The van der Waals surface area contributed by atoms with E-state index in [4.69, 9.17) is 9.78 Å². The summed E-state index contributed by atoms with van der Waals surface area (Å²) in [4.78, 5) is 31.4. The molecule has 0 aliphatic rings. The molecule has 0 unspecified atom stereocenters. The maximum atomic E-state index is 11.6. The second-order valence-corrected chi connectivity index (χ2v) is 7.41. The maximum absolute atomic E-state index is 11.6. The van der Waals surface area contributed by atoms with Crippen LogP contribution in [0.1, 0.15) is 119 Å². The lowest BCUT2D eigenvalue weighted by atomic mass is 9.91. The molecule has 7 heteroatoms. The molecule has 0 atom stereocenters. The van der Waals surface area contributed by atoms with Crippen LogP contribution in [0.25, 0.3) is 0 Å². The Balaban J connectivity index is 4.28. The fourth-order valence-corrected chi connectivity index (χ4v) is 3.17. The Bertz CT molecular complexity index is 345. The van der Waals surface area contributed by atoms with Crippen LogP contribution in [0.15, 0.2) is 0 Å². The summed E-state index contributed by atoms with van der Waals surface area (Å²) < 4.78 is 0. The first-order chi connectivity index (χ1) is 13.5. The monoisotopic (exact) mass is 406 g/mol. The molecule has 0 fully saturated rings. The quantitative estimate of drug-likeness (QED) is 0.136. The summed E-state index contributed by atoms with van der Waals surface area (Å²) in [6.07, 6.45) is 10.0. The summed E-state index contributed by atoms with van der Waals surface area (Å²) in [7, 11) is 0. The molecule has 0 amide bonds. The second kappa shape index (κ2) is 16.0. The average Bonchev–Trinajstić information content (AvgIpc) is 2.72. The third-order valence-corrected chi connectivity index (χ3v) is 5.67. The van der Waals surface area contributed by atoms with Crippen LogP contribution in [0.3, 0.4) is 0 Å². The minimum Gasteiger partial charge on any atom is -0.226 e. The third-order valence-electron chi connectivity index (χ3n) is 5.67. The van der Waals surface area contributed by atoms with Crippen LogP contribution in [0.2, 0.25) is 0 Å². The van der Waals surface area contributed by atoms with E-state index in [-0.39, 0.29) is 0 Å². The highest BCUT2D eigenvalue weighted by Crippen LogP contribution is 2.29. The first kappa shape index (κ1) is 27.1. The standard InChI is InChI=1S/C21H42O7/c1-7-13-15-17-20(9-3,10-4)25-27-23-19(22)24-28-26-21(11-5,12-6)18-16-14-8-2/h7-18H2,1-6H3. The summed E-state index contributed by atoms with van der Waals surface area (Å²) in [6, 6.07) is 0. The van der Waals surface area contributed by atoms with E-state index < -0.39 is 17.4 Å². The Morgan fingerprint density at radius 1 is 0.607 bits per heavy atom. The number of hydrogen-bond acceptors (Lipinski definition) is 7. The van der Waals surface area contributed by atoms with E-state index >= 15 is 0 Å². The van der Waals surface area contributed by atoms with Gasteiger partial charge in [-0.2, -0.15) is 14.6 Å². The molecule has 168 valence electrons. The highest BCUT2D eigenvalue weighted by molar-refractivity contribution is 5.57. The Morgan fingerprint density at radius 2 is 0.964 bits per heavy atom. The first-order valence-electron chi connectivity index (χ1n) is 11.1. The lowest BCUT2D eigenvalue weighted by molar-refractivity contribution is -0.558. The average molecular weight is 407 g/mol. The summed E-state index contributed by atoms with van der Waals surface area (Å²) in [5, 5.41) is 9.36. The highest BCUT2D eigenvalue weighted by atomic mass is 17.6. The molecule has 0 saturated heterocycles. The number of hydrogen-bond donors (Lipinski definition) is 0. The highest BCUT2D eigenvalue weighted by Gasteiger charge is 2.31. The van der Waals surface area contributed by atoms with Gasteiger partial charge in [0.05, 0.1) is 0 Å². The molecule has 0 heterocycles. The molecule has 0 N–H and O–H groups in total. The summed E-state index contributed by atoms with van der Waals surface area (Å²) in [5.41, 5.74) is -0.961. The second-order valence-electron chi connectivity index (χ2n) is 7.41. The van der Waals surface area contributed by atoms with E-state index in [1.165, 1.54) is 0 Å². The van der Waals surface area contributed by atoms with Gasteiger partial charge in [-0.3, -0.25) is 0 Å². The number of carbonyl (C=O) groups is 1. The largest absolute Gasteiger partial charge is 0.577 e. The zero-order valence-electron chi connectivity index (χ0n) is 18.8. The van der Waals surface area contributed by atoms with Gasteiger partial charge in [-0.1, -0.05) is 80.1 Å². The summed E-state index contributed by atoms with van der Waals surface area (Å²) >= 11 is 0. The zero-order chi connectivity index (χ0) is 21.3. The van der Waals surface area contributed by atoms with E-state index in [0.29, 0.717) is 0 Å². The molecule has 0 aromatic heterocycles. The van der Waals surface area contributed by atoms with Crippen molar-refractivity contribution >= 4 is 6.16 Å². The van der Waals surface area contributed by atoms with E-state index in [2.05, 4.69) is 33.7 Å². The molecule has 0 spiro atoms. The van der Waals surface area contributed by atoms with Gasteiger partial charge in [0.1, 0.15) is 11.2 Å². The molecule has 0 bridgehead atoms. The van der Waals surface area contributed by atoms with Gasteiger partial charge in [-0.15, -0.1) is 0 Å². The van der Waals surface area contributed by atoms with Gasteiger partial charge < -0.3 is 0 Å². The number of unbranched alkanes of at least 4 members (excludes halogenated alkanes) is 4. The van der Waals surface area contributed by atoms with Crippen molar-refractivity contribution in [1.29, 1.82) is 0 Å². The molecule has 7 nitrogen and oxygen atoms in total. The van der Waals surface area contributed by atoms with Crippen LogP contribution < -0.4 is 0 Å². The Morgan fingerprint density at radius 3 is 1.25 bits per heavy atom. The third kappa shape index (κ3) is 10.6. The Labute approximate surface area is 171 Å². The van der Waals surface area contributed by atoms with Gasteiger partial charge in [0, 0.05) is 0 Å². The van der Waals surface area contributed by atoms with Crippen LogP contribution in [0, 0.1) is 0 Å². The molecule has 0 aromatic rings. The predicted octanol–water partition coefficient (Wildman–Crippen LogP) is 7.14. The van der Waals surface area contributed by atoms with Gasteiger partial charge in [0.2, 0.25) is 0 Å². The van der Waals surface area contributed by atoms with Gasteiger partial charge in [-0.25, -0.2) is 9.78 Å². The number of carbonyl (C=O) groups excluding carboxylic acids is 1. The minimum absolute atomic E-state index is 0.480. The first-order valence-corrected chi connectivity index (χ1v) is 11.1. The van der Waals surface area contributed by atoms with Crippen LogP contribution in [-0.2, 0) is 29.6 Å². The van der Waals surface area contributed by atoms with E-state index in [0.717, 1.165) is 77.0 Å². The molecule has 0 rings (SSSR count). The van der Waals surface area contributed by atoms with Crippen molar-refractivity contribution in [3.05, 3.63) is 0 Å². The summed E-state index contributed by atoms with van der Waals surface area (Å²) in [5.74, 6) is 0. The molecular formula is C21H42O7. The van der Waals surface area contributed by atoms with Crippen molar-refractivity contribution in [2.24, 2.45) is 0 Å². The van der Waals surface area contributed by atoms with Crippen molar-refractivity contribution in [3.63, 3.8) is 0 Å². The fraction of sp³-hybridized carbons (Fsp3) is 0.952. The Hall–Kier alpha value is -0.890. The Kier molecular flexibility index (Phi) is 15.5. The van der Waals surface area contributed by atoms with Crippen molar-refractivity contribution in [2.75, 3.05) is 0 Å². The fourth-order valence-electron chi connectivity index (χ4n) is 3.17. The molecule has 28 heavy (non-hydrogen) atoms. The van der Waals surface area contributed by atoms with E-state index in [1.54, 1.807) is 0 Å². The van der Waals surface area contributed by atoms with Crippen molar-refractivity contribution < 1.29 is 34.4 Å². The van der Waals surface area contributed by atoms with Crippen molar-refractivity contribution in [3.8, 4) is 0 Å². The zero-order valence-corrected chi connectivity index (χ0v) is 18.8. The van der Waals surface area contributed by atoms with Gasteiger partial charge in [-0.05, 0) is 48.6 Å². The SMILES string of the molecule is CCCCCC(CC)(CC)OOOC(=O)OOOC(CC)(CC)CCCCC. The lowest BCUT2D eigenvalue weighted by Crippen LogP contribution is -2.33. The molecular weight excluding hydrogens is 364 g/mol. The van der Waals surface area contributed by atoms with Gasteiger partial charge >= 0.3 is 6.16 Å². The molecule has 0 saturated carbocycles. The van der Waals surface area contributed by atoms with E-state index in [9.17, 15) is 4.79 Å². The van der Waals surface area contributed by atoms with E-state index in [1.807, 2.05) is 27.7 Å². The van der Waals surface area contributed by atoms with Gasteiger partial charge in [0.25, 0.3) is 0 Å². The molecule has 0 aliphatic carbocycles. The van der Waals surface area contributed by atoms with Gasteiger partial charge in [0.15, 0.2) is 0 Å². The van der Waals surface area contributed by atoms with Crippen LogP contribution in [-0.4, -0.2) is 17.4 Å². The topological polar surface area (TPSA) is 72.5 Å². The van der Waals surface area contributed by atoms with Crippen LogP contribution in [0.5, 0.6) is 0 Å². The van der Waals surface area contributed by atoms with Crippen LogP contribution >= 0.6 is 0 Å². The van der Waals surface area contributed by atoms with Crippen molar-refractivity contribution in [2.45, 2.75) is 130 Å². The lowest BCUT2D eigenvalue weighted by Gasteiger charge is -2.29. The maximum Gasteiger partial charge on any atom is 0.577 e. The summed E-state index contributed by atoms with van der Waals surface area (Å²) in [6.45, 7) is 12.4. The van der Waals surface area contributed by atoms with Crippen LogP contribution in [0.4, 0.5) is 4.79 Å². The molecule has 0 radical (unpaired) electrons. The molecule has 0 aromatic carbocycles. The minimum atomic E-state index is -1.18. The smallest absolute Gasteiger partial charge is 0.226 e. The predicted molar refractivity (Wildman–Crippen MR) is 107 cm³/mol. The van der Waals surface area contributed by atoms with Crippen molar-refractivity contribution in [1.82, 2.24) is 0 Å². The molecule has 0 aliphatic heterocycles. The number of rotatable bonds is 18.